The van der Waals surface area contributed by atoms with Crippen LogP contribution in [0, 0.1) is 0 Å². The van der Waals surface area contributed by atoms with E-state index in [1.165, 1.54) is 0 Å². The van der Waals surface area contributed by atoms with Crippen molar-refractivity contribution in [3.05, 3.63) is 18.1 Å². The van der Waals surface area contributed by atoms with Gasteiger partial charge in [-0.15, -0.1) is 0 Å². The normalized spacial score (nSPS) is 16.2. The molecule has 1 fully saturated rings. The first-order valence-electron chi connectivity index (χ1n) is 7.32. The van der Waals surface area contributed by atoms with Crippen LogP contribution in [0.15, 0.2) is 12.4 Å². The summed E-state index contributed by atoms with van der Waals surface area (Å²) >= 11 is 0. The third kappa shape index (κ3) is 3.66. The SMILES string of the molecule is CCCNC(=O)c1cnc(N2CCN(CC)CC2)cn1. The molecule has 110 valence electrons. The molecule has 0 spiro atoms. The fourth-order valence-electron chi connectivity index (χ4n) is 2.22. The van der Waals surface area contributed by atoms with E-state index in [1.54, 1.807) is 12.4 Å². The molecule has 6 heteroatoms. The summed E-state index contributed by atoms with van der Waals surface area (Å²) in [5.74, 6) is 0.703. The number of aromatic nitrogens is 2. The molecule has 1 amide bonds. The molecule has 1 aliphatic heterocycles. The smallest absolute Gasteiger partial charge is 0.271 e. The van der Waals surface area contributed by atoms with Crippen molar-refractivity contribution in [2.45, 2.75) is 20.3 Å². The van der Waals surface area contributed by atoms with Gasteiger partial charge >= 0.3 is 0 Å². The summed E-state index contributed by atoms with van der Waals surface area (Å²) in [6, 6.07) is 0. The van der Waals surface area contributed by atoms with Gasteiger partial charge in [0, 0.05) is 32.7 Å². The van der Waals surface area contributed by atoms with Crippen LogP contribution in [0.5, 0.6) is 0 Å². The number of likely N-dealkylation sites (N-methyl/N-ethyl adjacent to an activating group) is 1. The fourth-order valence-corrected chi connectivity index (χ4v) is 2.22. The molecule has 2 heterocycles. The zero-order valence-corrected chi connectivity index (χ0v) is 12.3. The largest absolute Gasteiger partial charge is 0.353 e. The minimum Gasteiger partial charge on any atom is -0.353 e. The predicted octanol–water partition coefficient (Wildman–Crippen LogP) is 0.758. The van der Waals surface area contributed by atoms with Crippen molar-refractivity contribution in [1.82, 2.24) is 20.2 Å². The number of nitrogens with one attached hydrogen (secondary N) is 1. The Labute approximate surface area is 120 Å². The molecule has 1 aromatic heterocycles. The van der Waals surface area contributed by atoms with E-state index < -0.39 is 0 Å². The first-order valence-corrected chi connectivity index (χ1v) is 7.32. The highest BCUT2D eigenvalue weighted by atomic mass is 16.1. The molecule has 2 rings (SSSR count). The van der Waals surface area contributed by atoms with Crippen molar-refractivity contribution < 1.29 is 4.79 Å². The third-order valence-electron chi connectivity index (χ3n) is 3.55. The van der Waals surface area contributed by atoms with Crippen molar-refractivity contribution in [1.29, 1.82) is 0 Å². The van der Waals surface area contributed by atoms with Gasteiger partial charge in [0.2, 0.25) is 0 Å². The van der Waals surface area contributed by atoms with E-state index in [-0.39, 0.29) is 5.91 Å². The molecule has 0 unspecified atom stereocenters. The van der Waals surface area contributed by atoms with Crippen LogP contribution in [0.4, 0.5) is 5.82 Å². The fraction of sp³-hybridized carbons (Fsp3) is 0.643. The second kappa shape index (κ2) is 7.19. The summed E-state index contributed by atoms with van der Waals surface area (Å²) < 4.78 is 0. The summed E-state index contributed by atoms with van der Waals surface area (Å²) in [6.45, 7) is 9.99. The molecule has 1 N–H and O–H groups in total. The zero-order valence-electron chi connectivity index (χ0n) is 12.3. The average molecular weight is 277 g/mol. The third-order valence-corrected chi connectivity index (χ3v) is 3.55. The monoisotopic (exact) mass is 277 g/mol. The number of carbonyl (C=O) groups is 1. The molecule has 1 aliphatic rings. The van der Waals surface area contributed by atoms with Gasteiger partial charge in [-0.25, -0.2) is 9.97 Å². The Morgan fingerprint density at radius 1 is 1.20 bits per heavy atom. The van der Waals surface area contributed by atoms with E-state index >= 15 is 0 Å². The lowest BCUT2D eigenvalue weighted by atomic mass is 10.3. The highest BCUT2D eigenvalue weighted by molar-refractivity contribution is 5.91. The van der Waals surface area contributed by atoms with Gasteiger partial charge in [0.05, 0.1) is 12.4 Å². The van der Waals surface area contributed by atoms with Gasteiger partial charge in [-0.3, -0.25) is 4.79 Å². The van der Waals surface area contributed by atoms with Crippen LogP contribution in [0.1, 0.15) is 30.8 Å². The number of rotatable bonds is 5. The molecule has 0 atom stereocenters. The quantitative estimate of drug-likeness (QED) is 0.861. The second-order valence-electron chi connectivity index (χ2n) is 4.94. The van der Waals surface area contributed by atoms with E-state index in [2.05, 4.69) is 32.0 Å². The van der Waals surface area contributed by atoms with Crippen molar-refractivity contribution >= 4 is 11.7 Å². The number of nitrogens with zero attached hydrogens (tertiary/aromatic N) is 4. The van der Waals surface area contributed by atoms with Crippen LogP contribution in [-0.2, 0) is 0 Å². The van der Waals surface area contributed by atoms with Gasteiger partial charge in [0.25, 0.3) is 5.91 Å². The van der Waals surface area contributed by atoms with Gasteiger partial charge in [0.15, 0.2) is 0 Å². The van der Waals surface area contributed by atoms with Gasteiger partial charge in [-0.2, -0.15) is 0 Å². The van der Waals surface area contributed by atoms with E-state index in [4.69, 9.17) is 0 Å². The first-order chi connectivity index (χ1) is 9.74. The van der Waals surface area contributed by atoms with Crippen molar-refractivity contribution in [3.63, 3.8) is 0 Å². The Morgan fingerprint density at radius 2 is 1.95 bits per heavy atom. The molecular formula is C14H23N5O. The van der Waals surface area contributed by atoms with Crippen LogP contribution < -0.4 is 10.2 Å². The lowest BCUT2D eigenvalue weighted by Crippen LogP contribution is -2.46. The number of amides is 1. The molecule has 1 aromatic rings. The van der Waals surface area contributed by atoms with E-state index in [0.717, 1.165) is 45.0 Å². The minimum atomic E-state index is -0.151. The topological polar surface area (TPSA) is 61.4 Å². The van der Waals surface area contributed by atoms with Gasteiger partial charge in [-0.1, -0.05) is 13.8 Å². The highest BCUT2D eigenvalue weighted by Crippen LogP contribution is 2.12. The predicted molar refractivity (Wildman–Crippen MR) is 79.0 cm³/mol. The van der Waals surface area contributed by atoms with E-state index in [0.29, 0.717) is 12.2 Å². The average Bonchev–Trinajstić information content (AvgIpc) is 2.53. The lowest BCUT2D eigenvalue weighted by Gasteiger charge is -2.34. The van der Waals surface area contributed by atoms with Gasteiger partial charge < -0.3 is 15.1 Å². The van der Waals surface area contributed by atoms with Crippen LogP contribution in [-0.4, -0.2) is 60.0 Å². The lowest BCUT2D eigenvalue weighted by molar-refractivity contribution is 0.0948. The molecule has 0 aromatic carbocycles. The Balaban J connectivity index is 1.93. The summed E-state index contributed by atoms with van der Waals surface area (Å²) in [7, 11) is 0. The molecule has 0 radical (unpaired) electrons. The molecule has 1 saturated heterocycles. The summed E-state index contributed by atoms with van der Waals surface area (Å²) in [6.07, 6.45) is 4.17. The highest BCUT2D eigenvalue weighted by Gasteiger charge is 2.17. The standard InChI is InChI=1S/C14H23N5O/c1-3-5-15-14(20)12-10-17-13(11-16-12)19-8-6-18(4-2)7-9-19/h10-11H,3-9H2,1-2H3,(H,15,20). The Morgan fingerprint density at radius 3 is 2.50 bits per heavy atom. The summed E-state index contributed by atoms with van der Waals surface area (Å²) in [4.78, 5) is 25.0. The van der Waals surface area contributed by atoms with Crippen LogP contribution >= 0.6 is 0 Å². The maximum absolute atomic E-state index is 11.7. The molecular weight excluding hydrogens is 254 g/mol. The van der Waals surface area contributed by atoms with E-state index in [9.17, 15) is 4.79 Å². The minimum absolute atomic E-state index is 0.151. The number of piperazine rings is 1. The second-order valence-corrected chi connectivity index (χ2v) is 4.94. The Hall–Kier alpha value is -1.69. The number of hydrogen-bond acceptors (Lipinski definition) is 5. The maximum Gasteiger partial charge on any atom is 0.271 e. The molecule has 0 aliphatic carbocycles. The van der Waals surface area contributed by atoms with Crippen LogP contribution in [0.25, 0.3) is 0 Å². The van der Waals surface area contributed by atoms with Crippen molar-refractivity contribution in [3.8, 4) is 0 Å². The van der Waals surface area contributed by atoms with Crippen LogP contribution in [0.3, 0.4) is 0 Å². The Kier molecular flexibility index (Phi) is 5.29. The molecule has 6 nitrogen and oxygen atoms in total. The van der Waals surface area contributed by atoms with Crippen molar-refractivity contribution in [2.75, 3.05) is 44.2 Å². The summed E-state index contributed by atoms with van der Waals surface area (Å²) in [5.41, 5.74) is 0.384. The Bertz CT molecular complexity index is 426. The van der Waals surface area contributed by atoms with E-state index in [1.807, 2.05) is 6.92 Å². The maximum atomic E-state index is 11.7. The van der Waals surface area contributed by atoms with Gasteiger partial charge in [0.1, 0.15) is 11.5 Å². The molecule has 0 saturated carbocycles. The zero-order chi connectivity index (χ0) is 14.4. The molecule has 0 bridgehead atoms. The van der Waals surface area contributed by atoms with Gasteiger partial charge in [-0.05, 0) is 13.0 Å². The number of anilines is 1. The summed E-state index contributed by atoms with van der Waals surface area (Å²) in [5, 5.41) is 2.80. The number of hydrogen-bond donors (Lipinski definition) is 1. The number of carbonyl (C=O) groups excluding carboxylic acids is 1. The van der Waals surface area contributed by atoms with Crippen molar-refractivity contribution in [2.24, 2.45) is 0 Å². The first kappa shape index (κ1) is 14.7. The van der Waals surface area contributed by atoms with Crippen LogP contribution in [0.2, 0.25) is 0 Å². The molecule has 20 heavy (non-hydrogen) atoms.